The highest BCUT2D eigenvalue weighted by Gasteiger charge is 2.19. The molecule has 0 aliphatic carbocycles. The maximum absolute atomic E-state index is 12.9. The van der Waals surface area contributed by atoms with Gasteiger partial charge in [-0.1, -0.05) is 282 Å². The second-order valence-electron chi connectivity index (χ2n) is 21.6. The summed E-state index contributed by atoms with van der Waals surface area (Å²) in [5.41, 5.74) is 0. The molecule has 0 rings (SSSR count). The summed E-state index contributed by atoms with van der Waals surface area (Å²) in [7, 11) is 0. The summed E-state index contributed by atoms with van der Waals surface area (Å²) >= 11 is 0. The van der Waals surface area contributed by atoms with E-state index in [1.165, 1.54) is 77.0 Å². The topological polar surface area (TPSA) is 78.9 Å². The number of carbonyl (C=O) groups excluding carboxylic acids is 3. The Morgan fingerprint density at radius 2 is 0.481 bits per heavy atom. The lowest BCUT2D eigenvalue weighted by Gasteiger charge is -2.18. The van der Waals surface area contributed by atoms with Crippen LogP contribution in [0, 0.1) is 0 Å². The van der Waals surface area contributed by atoms with Crippen molar-refractivity contribution in [2.75, 3.05) is 13.2 Å². The highest BCUT2D eigenvalue weighted by Crippen LogP contribution is 2.16. The zero-order valence-electron chi connectivity index (χ0n) is 52.5. The smallest absolute Gasteiger partial charge is 0.306 e. The number of hydrogen-bond donors (Lipinski definition) is 0. The Morgan fingerprint density at radius 3 is 0.753 bits per heavy atom. The van der Waals surface area contributed by atoms with Crippen molar-refractivity contribution in [1.29, 1.82) is 0 Å². The molecule has 0 aromatic heterocycles. The number of unbranched alkanes of at least 4 members (excludes halogenated alkanes) is 24. The van der Waals surface area contributed by atoms with Gasteiger partial charge in [0.15, 0.2) is 6.10 Å². The van der Waals surface area contributed by atoms with Gasteiger partial charge in [0.1, 0.15) is 13.2 Å². The van der Waals surface area contributed by atoms with Gasteiger partial charge in [-0.2, -0.15) is 0 Å². The molecule has 0 saturated heterocycles. The summed E-state index contributed by atoms with van der Waals surface area (Å²) in [6, 6.07) is 0. The molecule has 0 N–H and O–H groups in total. The summed E-state index contributed by atoms with van der Waals surface area (Å²) in [5, 5.41) is 0. The molecule has 0 aliphatic rings. The molecule has 0 radical (unpaired) electrons. The number of ether oxygens (including phenoxy) is 3. The Labute approximate surface area is 499 Å². The largest absolute Gasteiger partial charge is 0.462 e. The molecule has 6 nitrogen and oxygen atoms in total. The van der Waals surface area contributed by atoms with Crippen LogP contribution in [0.5, 0.6) is 0 Å². The van der Waals surface area contributed by atoms with Crippen molar-refractivity contribution >= 4 is 17.9 Å². The maximum atomic E-state index is 12.9. The van der Waals surface area contributed by atoms with Crippen molar-refractivity contribution in [2.24, 2.45) is 0 Å². The average molecular weight is 1120 g/mol. The standard InChI is InChI=1S/C75H122O6/c1-4-7-10-13-16-19-22-25-27-28-29-30-31-32-33-34-35-36-37-38-39-40-41-42-43-44-45-46-48-50-53-56-59-62-65-68-74(77)80-71-72(70-79-73(76)67-64-61-58-55-52-49-24-21-18-15-12-9-6-3)81-75(78)69-66-63-60-57-54-51-47-26-23-20-17-14-11-8-5-2/h7-8,10-12,15-17,19-21,24-27,29-30,32-33,35-36,38-39,47,72H,4-6,9,13-14,18,22-23,28,31,34,37,40-46,48-71H2,1-3H3/b10-7-,11-8-,15-12-,19-16-,20-17-,24-21-,27-25-,30-29-,33-32-,36-35-,39-38-,47-26-. The Kier molecular flexibility index (Phi) is 63.9. The molecule has 0 aromatic rings. The first-order chi connectivity index (χ1) is 40.0. The van der Waals surface area contributed by atoms with Crippen molar-refractivity contribution in [2.45, 2.75) is 297 Å². The van der Waals surface area contributed by atoms with Crippen LogP contribution in [-0.4, -0.2) is 37.2 Å². The molecule has 0 aromatic carbocycles. The van der Waals surface area contributed by atoms with E-state index in [9.17, 15) is 14.4 Å². The zero-order chi connectivity index (χ0) is 58.5. The molecule has 0 amide bonds. The lowest BCUT2D eigenvalue weighted by atomic mass is 10.0. The maximum Gasteiger partial charge on any atom is 0.306 e. The quantitative estimate of drug-likeness (QED) is 0.0261. The van der Waals surface area contributed by atoms with Gasteiger partial charge in [-0.3, -0.25) is 14.4 Å². The van der Waals surface area contributed by atoms with Gasteiger partial charge in [0, 0.05) is 19.3 Å². The lowest BCUT2D eigenvalue weighted by Crippen LogP contribution is -2.30. The van der Waals surface area contributed by atoms with Gasteiger partial charge >= 0.3 is 17.9 Å². The molecule has 6 heteroatoms. The van der Waals surface area contributed by atoms with Crippen LogP contribution in [-0.2, 0) is 28.6 Å². The van der Waals surface area contributed by atoms with Gasteiger partial charge in [0.2, 0.25) is 0 Å². The first kappa shape index (κ1) is 76.3. The second kappa shape index (κ2) is 67.8. The zero-order valence-corrected chi connectivity index (χ0v) is 52.5. The van der Waals surface area contributed by atoms with Gasteiger partial charge in [0.25, 0.3) is 0 Å². The van der Waals surface area contributed by atoms with E-state index in [0.29, 0.717) is 19.3 Å². The molecule has 1 unspecified atom stereocenters. The van der Waals surface area contributed by atoms with Crippen LogP contribution in [0.4, 0.5) is 0 Å². The van der Waals surface area contributed by atoms with Crippen LogP contribution in [0.15, 0.2) is 146 Å². The van der Waals surface area contributed by atoms with Gasteiger partial charge in [0.05, 0.1) is 0 Å². The van der Waals surface area contributed by atoms with Crippen molar-refractivity contribution in [3.8, 4) is 0 Å². The second-order valence-corrected chi connectivity index (χ2v) is 21.6. The fourth-order valence-electron chi connectivity index (χ4n) is 8.89. The number of allylic oxidation sites excluding steroid dienone is 24. The summed E-state index contributed by atoms with van der Waals surface area (Å²) in [6.45, 7) is 6.33. The first-order valence-corrected chi connectivity index (χ1v) is 33.3. The monoisotopic (exact) mass is 1120 g/mol. The lowest BCUT2D eigenvalue weighted by molar-refractivity contribution is -0.167. The van der Waals surface area contributed by atoms with Gasteiger partial charge < -0.3 is 14.2 Å². The molecular formula is C75H122O6. The van der Waals surface area contributed by atoms with Crippen molar-refractivity contribution in [3.63, 3.8) is 0 Å². The summed E-state index contributed by atoms with van der Waals surface area (Å²) in [5.74, 6) is -0.924. The van der Waals surface area contributed by atoms with Crippen LogP contribution >= 0.6 is 0 Å². The molecule has 458 valence electrons. The van der Waals surface area contributed by atoms with E-state index in [1.807, 2.05) is 0 Å². The molecule has 0 saturated carbocycles. The van der Waals surface area contributed by atoms with E-state index in [1.54, 1.807) is 0 Å². The third-order valence-corrected chi connectivity index (χ3v) is 13.8. The predicted octanol–water partition coefficient (Wildman–Crippen LogP) is 23.1. The average Bonchev–Trinajstić information content (AvgIpc) is 3.46. The Hall–Kier alpha value is -4.71. The summed E-state index contributed by atoms with van der Waals surface area (Å²) < 4.78 is 16.9. The van der Waals surface area contributed by atoms with Crippen LogP contribution in [0.2, 0.25) is 0 Å². The highest BCUT2D eigenvalue weighted by molar-refractivity contribution is 5.71. The van der Waals surface area contributed by atoms with Crippen LogP contribution < -0.4 is 0 Å². The van der Waals surface area contributed by atoms with Crippen LogP contribution in [0.25, 0.3) is 0 Å². The van der Waals surface area contributed by atoms with Crippen molar-refractivity contribution in [3.05, 3.63) is 146 Å². The third-order valence-electron chi connectivity index (χ3n) is 13.8. The van der Waals surface area contributed by atoms with E-state index in [0.717, 1.165) is 173 Å². The van der Waals surface area contributed by atoms with E-state index >= 15 is 0 Å². The number of carbonyl (C=O) groups is 3. The molecule has 0 spiro atoms. The van der Waals surface area contributed by atoms with E-state index < -0.39 is 6.10 Å². The minimum absolute atomic E-state index is 0.0931. The van der Waals surface area contributed by atoms with E-state index in [4.69, 9.17) is 14.2 Å². The SMILES string of the molecule is CC/C=C\C/C=C\C/C=C\C/C=C\C/C=C\C/C=C\C/C=C\CCCCCCCCCCCCCCCC(=O)OCC(COC(=O)CCCCCCC/C=C\C/C=C\CCC)OC(=O)CCCCCCC/C=C\C/C=C\C/C=C\CC. The van der Waals surface area contributed by atoms with Gasteiger partial charge in [-0.05, 0) is 135 Å². The van der Waals surface area contributed by atoms with Crippen LogP contribution in [0.1, 0.15) is 290 Å². The fraction of sp³-hybridized carbons (Fsp3) is 0.640. The number of hydrogen-bond acceptors (Lipinski definition) is 6. The van der Waals surface area contributed by atoms with Crippen LogP contribution in [0.3, 0.4) is 0 Å². The first-order valence-electron chi connectivity index (χ1n) is 33.3. The molecule has 81 heavy (non-hydrogen) atoms. The molecule has 0 fully saturated rings. The predicted molar refractivity (Wildman–Crippen MR) is 352 cm³/mol. The van der Waals surface area contributed by atoms with E-state index in [-0.39, 0.29) is 31.1 Å². The Balaban J connectivity index is 4.21. The molecule has 0 aliphatic heterocycles. The number of rotatable bonds is 59. The van der Waals surface area contributed by atoms with Crippen molar-refractivity contribution < 1.29 is 28.6 Å². The summed E-state index contributed by atoms with van der Waals surface area (Å²) in [6.07, 6.45) is 97.3. The van der Waals surface area contributed by atoms with Crippen molar-refractivity contribution in [1.82, 2.24) is 0 Å². The van der Waals surface area contributed by atoms with E-state index in [2.05, 4.69) is 167 Å². The molecule has 1 atom stereocenters. The molecule has 0 heterocycles. The normalized spacial score (nSPS) is 13.1. The third kappa shape index (κ3) is 66.0. The van der Waals surface area contributed by atoms with Gasteiger partial charge in [-0.25, -0.2) is 0 Å². The highest BCUT2D eigenvalue weighted by atomic mass is 16.6. The van der Waals surface area contributed by atoms with Gasteiger partial charge in [-0.15, -0.1) is 0 Å². The minimum atomic E-state index is -0.798. The fourth-order valence-corrected chi connectivity index (χ4v) is 8.89. The molecule has 0 bridgehead atoms. The minimum Gasteiger partial charge on any atom is -0.462 e. The molecular weight excluding hydrogens is 997 g/mol. The Morgan fingerprint density at radius 1 is 0.259 bits per heavy atom. The Bertz CT molecular complexity index is 1760. The summed E-state index contributed by atoms with van der Waals surface area (Å²) in [4.78, 5) is 38.3. The number of esters is 3.